The van der Waals surface area contributed by atoms with E-state index in [0.717, 1.165) is 23.4 Å². The van der Waals surface area contributed by atoms with E-state index >= 15 is 0 Å². The van der Waals surface area contributed by atoms with Crippen LogP contribution in [0, 0.1) is 5.92 Å². The van der Waals surface area contributed by atoms with Crippen LogP contribution in [0.1, 0.15) is 19.4 Å². The summed E-state index contributed by atoms with van der Waals surface area (Å²) in [6, 6.07) is 9.32. The van der Waals surface area contributed by atoms with Crippen LogP contribution in [-0.2, 0) is 23.2 Å². The molecule has 2 aliphatic rings. The van der Waals surface area contributed by atoms with Crippen molar-refractivity contribution in [2.75, 3.05) is 19.6 Å². The molecule has 3 heterocycles. The minimum absolute atomic E-state index is 0.0440. The third-order valence-electron chi connectivity index (χ3n) is 5.63. The average Bonchev–Trinajstić information content (AvgIpc) is 3.05. The van der Waals surface area contributed by atoms with Crippen molar-refractivity contribution in [2.45, 2.75) is 32.5 Å². The standard InChI is InChI=1S/C21H27N5O2/c1-14(2)18-21(28)26-10-9-25(13-17(26)20(27)22-18)12-16-11-24(3)23-19(16)15-7-5-4-6-8-15/h4-8,11,14,17-18H,9-10,12-13H2,1-3H3,(H,22,27)/t17-,18-/m1/s1. The number of hydrogen-bond acceptors (Lipinski definition) is 4. The molecule has 2 aromatic rings. The quantitative estimate of drug-likeness (QED) is 0.866. The topological polar surface area (TPSA) is 70.5 Å². The predicted octanol–water partition coefficient (Wildman–Crippen LogP) is 1.25. The summed E-state index contributed by atoms with van der Waals surface area (Å²) in [5, 5.41) is 7.55. The molecule has 0 unspecified atom stereocenters. The van der Waals surface area contributed by atoms with Crippen LogP contribution in [0.25, 0.3) is 11.3 Å². The van der Waals surface area contributed by atoms with Crippen molar-refractivity contribution < 1.29 is 9.59 Å². The fourth-order valence-electron chi connectivity index (χ4n) is 4.15. The molecular formula is C21H27N5O2. The van der Waals surface area contributed by atoms with Gasteiger partial charge in [0.05, 0.1) is 5.69 Å². The molecule has 0 aliphatic carbocycles. The van der Waals surface area contributed by atoms with Gasteiger partial charge in [-0.25, -0.2) is 0 Å². The molecule has 0 spiro atoms. The molecule has 0 bridgehead atoms. The molecule has 4 rings (SSSR count). The van der Waals surface area contributed by atoms with Crippen molar-refractivity contribution in [1.82, 2.24) is 24.9 Å². The van der Waals surface area contributed by atoms with Gasteiger partial charge in [0, 0.05) is 50.6 Å². The zero-order valence-corrected chi connectivity index (χ0v) is 16.6. The van der Waals surface area contributed by atoms with Gasteiger partial charge in [-0.1, -0.05) is 44.2 Å². The summed E-state index contributed by atoms with van der Waals surface area (Å²) >= 11 is 0. The number of carbonyl (C=O) groups excluding carboxylic acids is 2. The Morgan fingerprint density at radius 2 is 1.93 bits per heavy atom. The summed E-state index contributed by atoms with van der Waals surface area (Å²) in [6.45, 7) is 6.52. The highest BCUT2D eigenvalue weighted by atomic mass is 16.2. The molecule has 1 aromatic carbocycles. The van der Waals surface area contributed by atoms with E-state index in [1.165, 1.54) is 0 Å². The first-order valence-electron chi connectivity index (χ1n) is 9.85. The highest BCUT2D eigenvalue weighted by molar-refractivity contribution is 5.97. The summed E-state index contributed by atoms with van der Waals surface area (Å²) in [5.41, 5.74) is 3.18. The Bertz CT molecular complexity index is 876. The fraction of sp³-hybridized carbons (Fsp3) is 0.476. The number of hydrogen-bond donors (Lipinski definition) is 1. The molecule has 7 heteroatoms. The number of rotatable bonds is 4. The van der Waals surface area contributed by atoms with Crippen LogP contribution in [0.2, 0.25) is 0 Å². The third-order valence-corrected chi connectivity index (χ3v) is 5.63. The second-order valence-corrected chi connectivity index (χ2v) is 8.06. The normalized spacial score (nSPS) is 23.1. The number of carbonyl (C=O) groups is 2. The Morgan fingerprint density at radius 3 is 2.64 bits per heavy atom. The fourth-order valence-corrected chi connectivity index (χ4v) is 4.15. The smallest absolute Gasteiger partial charge is 0.246 e. The van der Waals surface area contributed by atoms with Gasteiger partial charge in [-0.15, -0.1) is 0 Å². The van der Waals surface area contributed by atoms with Gasteiger partial charge < -0.3 is 10.2 Å². The molecular weight excluding hydrogens is 354 g/mol. The van der Waals surface area contributed by atoms with E-state index in [2.05, 4.69) is 27.4 Å². The van der Waals surface area contributed by atoms with Crippen molar-refractivity contribution in [2.24, 2.45) is 13.0 Å². The molecule has 2 aliphatic heterocycles. The Balaban J connectivity index is 1.51. The zero-order valence-electron chi connectivity index (χ0n) is 16.6. The van der Waals surface area contributed by atoms with E-state index in [9.17, 15) is 9.59 Å². The van der Waals surface area contributed by atoms with Crippen molar-refractivity contribution in [3.05, 3.63) is 42.1 Å². The molecule has 0 saturated carbocycles. The van der Waals surface area contributed by atoms with Crippen LogP contribution in [0.3, 0.4) is 0 Å². The summed E-state index contributed by atoms with van der Waals surface area (Å²) in [4.78, 5) is 29.4. The lowest BCUT2D eigenvalue weighted by molar-refractivity contribution is -0.154. The molecule has 7 nitrogen and oxygen atoms in total. The Morgan fingerprint density at radius 1 is 1.18 bits per heavy atom. The van der Waals surface area contributed by atoms with E-state index in [1.54, 1.807) is 4.90 Å². The lowest BCUT2D eigenvalue weighted by Crippen LogP contribution is -2.70. The van der Waals surface area contributed by atoms with Crippen molar-refractivity contribution in [1.29, 1.82) is 0 Å². The van der Waals surface area contributed by atoms with Crippen molar-refractivity contribution >= 4 is 11.8 Å². The highest BCUT2D eigenvalue weighted by Crippen LogP contribution is 2.25. The van der Waals surface area contributed by atoms with Gasteiger partial charge in [0.15, 0.2) is 0 Å². The molecule has 1 aromatic heterocycles. The van der Waals surface area contributed by atoms with Gasteiger partial charge in [-0.2, -0.15) is 5.10 Å². The summed E-state index contributed by atoms with van der Waals surface area (Å²) in [5.74, 6) is 0.0994. The number of aromatic nitrogens is 2. The van der Waals surface area contributed by atoms with Gasteiger partial charge in [-0.3, -0.25) is 19.2 Å². The lowest BCUT2D eigenvalue weighted by Gasteiger charge is -2.46. The molecule has 2 amide bonds. The number of nitrogens with zero attached hydrogens (tertiary/aromatic N) is 4. The summed E-state index contributed by atoms with van der Waals surface area (Å²) in [6.07, 6.45) is 2.04. The van der Waals surface area contributed by atoms with Crippen LogP contribution < -0.4 is 5.32 Å². The van der Waals surface area contributed by atoms with E-state index in [-0.39, 0.29) is 17.7 Å². The summed E-state index contributed by atoms with van der Waals surface area (Å²) < 4.78 is 1.83. The van der Waals surface area contributed by atoms with E-state index in [1.807, 2.05) is 50.0 Å². The molecule has 28 heavy (non-hydrogen) atoms. The molecule has 2 fully saturated rings. The first kappa shape index (κ1) is 18.7. The van der Waals surface area contributed by atoms with E-state index in [4.69, 9.17) is 0 Å². The molecule has 2 saturated heterocycles. The zero-order chi connectivity index (χ0) is 19.8. The number of piperazine rings is 2. The Labute approximate surface area is 165 Å². The first-order chi connectivity index (χ1) is 13.4. The second kappa shape index (κ2) is 7.39. The van der Waals surface area contributed by atoms with Gasteiger partial charge >= 0.3 is 0 Å². The predicted molar refractivity (Wildman–Crippen MR) is 106 cm³/mol. The molecule has 1 N–H and O–H groups in total. The Hall–Kier alpha value is -2.67. The number of nitrogens with one attached hydrogen (secondary N) is 1. The van der Waals surface area contributed by atoms with Crippen LogP contribution >= 0.6 is 0 Å². The minimum atomic E-state index is -0.409. The highest BCUT2D eigenvalue weighted by Gasteiger charge is 2.44. The number of fused-ring (bicyclic) bond motifs is 1. The van der Waals surface area contributed by atoms with Crippen LogP contribution in [0.15, 0.2) is 36.5 Å². The van der Waals surface area contributed by atoms with E-state index in [0.29, 0.717) is 19.6 Å². The molecule has 2 atom stereocenters. The molecule has 148 valence electrons. The van der Waals surface area contributed by atoms with Crippen LogP contribution in [0.4, 0.5) is 0 Å². The van der Waals surface area contributed by atoms with Crippen molar-refractivity contribution in [3.63, 3.8) is 0 Å². The van der Waals surface area contributed by atoms with Gasteiger partial charge in [0.25, 0.3) is 0 Å². The maximum absolute atomic E-state index is 12.7. The van der Waals surface area contributed by atoms with E-state index < -0.39 is 12.1 Å². The SMILES string of the molecule is CC(C)[C@H]1NC(=O)[C@H]2CN(Cc3cn(C)nc3-c3ccccc3)CCN2C1=O. The number of amides is 2. The summed E-state index contributed by atoms with van der Waals surface area (Å²) in [7, 11) is 1.92. The number of aryl methyl sites for hydroxylation is 1. The largest absolute Gasteiger partial charge is 0.342 e. The first-order valence-corrected chi connectivity index (χ1v) is 9.85. The monoisotopic (exact) mass is 381 g/mol. The number of benzene rings is 1. The molecule has 0 radical (unpaired) electrons. The Kier molecular flexibility index (Phi) is 4.93. The van der Waals surface area contributed by atoms with Gasteiger partial charge in [0.1, 0.15) is 12.1 Å². The third kappa shape index (κ3) is 3.42. The van der Waals surface area contributed by atoms with Crippen molar-refractivity contribution in [3.8, 4) is 11.3 Å². The average molecular weight is 381 g/mol. The second-order valence-electron chi connectivity index (χ2n) is 8.06. The minimum Gasteiger partial charge on any atom is -0.342 e. The van der Waals surface area contributed by atoms with Gasteiger partial charge in [0.2, 0.25) is 11.8 Å². The maximum Gasteiger partial charge on any atom is 0.246 e. The lowest BCUT2D eigenvalue weighted by atomic mass is 9.96. The van der Waals surface area contributed by atoms with Crippen LogP contribution in [-0.4, -0.2) is 63.1 Å². The van der Waals surface area contributed by atoms with Gasteiger partial charge in [-0.05, 0) is 5.92 Å². The van der Waals surface area contributed by atoms with Crippen LogP contribution in [0.5, 0.6) is 0 Å². The maximum atomic E-state index is 12.7.